The molecule has 0 aliphatic rings. The first-order chi connectivity index (χ1) is 9.08. The Balaban J connectivity index is 2.08. The Morgan fingerprint density at radius 1 is 1.26 bits per heavy atom. The van der Waals surface area contributed by atoms with Gasteiger partial charge in [0.25, 0.3) is 0 Å². The molecular formula is C15H12BrClO2. The summed E-state index contributed by atoms with van der Waals surface area (Å²) in [5.74, 6) is -0.357. The van der Waals surface area contributed by atoms with Crippen molar-refractivity contribution >= 4 is 33.5 Å². The molecule has 0 bridgehead atoms. The first kappa shape index (κ1) is 14.1. The van der Waals surface area contributed by atoms with Crippen molar-refractivity contribution in [3.8, 4) is 0 Å². The van der Waals surface area contributed by atoms with Crippen LogP contribution in [0.2, 0.25) is 5.02 Å². The molecule has 4 heteroatoms. The summed E-state index contributed by atoms with van der Waals surface area (Å²) in [5, 5.41) is 0.611. The van der Waals surface area contributed by atoms with Gasteiger partial charge in [0.05, 0.1) is 10.6 Å². The van der Waals surface area contributed by atoms with Gasteiger partial charge in [0.2, 0.25) is 0 Å². The number of hydrogen-bond donors (Lipinski definition) is 0. The van der Waals surface area contributed by atoms with Gasteiger partial charge < -0.3 is 4.74 Å². The van der Waals surface area contributed by atoms with Gasteiger partial charge in [0.1, 0.15) is 6.61 Å². The fourth-order valence-electron chi connectivity index (χ4n) is 1.65. The molecule has 0 radical (unpaired) electrons. The number of carbonyl (C=O) groups excluding carboxylic acids is 1. The van der Waals surface area contributed by atoms with Crippen LogP contribution in [0.15, 0.2) is 46.9 Å². The normalized spacial score (nSPS) is 10.3. The number of aryl methyl sites for hydroxylation is 1. The maximum absolute atomic E-state index is 11.9. The second-order valence-electron chi connectivity index (χ2n) is 4.15. The van der Waals surface area contributed by atoms with E-state index < -0.39 is 0 Å². The Bertz CT molecular complexity index is 573. The molecule has 0 saturated carbocycles. The molecule has 0 aliphatic heterocycles. The van der Waals surface area contributed by atoms with Gasteiger partial charge in [0, 0.05) is 4.47 Å². The van der Waals surface area contributed by atoms with E-state index in [9.17, 15) is 4.79 Å². The van der Waals surface area contributed by atoms with Crippen molar-refractivity contribution in [1.82, 2.24) is 0 Å². The molecule has 0 saturated heterocycles. The Hall–Kier alpha value is -1.32. The van der Waals surface area contributed by atoms with Gasteiger partial charge in [-0.3, -0.25) is 0 Å². The minimum absolute atomic E-state index is 0.263. The standard InChI is InChI=1S/C15H12BrClO2/c1-10-7-12(8-13(16)14(10)17)15(18)19-9-11-5-3-2-4-6-11/h2-8H,9H2,1H3. The molecule has 0 heterocycles. The first-order valence-electron chi connectivity index (χ1n) is 5.74. The molecule has 0 N–H and O–H groups in total. The molecule has 0 fully saturated rings. The second kappa shape index (κ2) is 6.22. The summed E-state index contributed by atoms with van der Waals surface area (Å²) in [6, 6.07) is 13.0. The van der Waals surface area contributed by atoms with E-state index in [0.29, 0.717) is 15.1 Å². The van der Waals surface area contributed by atoms with Crippen LogP contribution >= 0.6 is 27.5 Å². The number of hydrogen-bond acceptors (Lipinski definition) is 2. The van der Waals surface area contributed by atoms with Gasteiger partial charge in [-0.1, -0.05) is 41.9 Å². The van der Waals surface area contributed by atoms with Crippen molar-refractivity contribution in [1.29, 1.82) is 0 Å². The maximum atomic E-state index is 11.9. The molecule has 0 aliphatic carbocycles. The van der Waals surface area contributed by atoms with Crippen molar-refractivity contribution in [2.75, 3.05) is 0 Å². The Morgan fingerprint density at radius 3 is 2.58 bits per heavy atom. The van der Waals surface area contributed by atoms with Crippen LogP contribution in [0.1, 0.15) is 21.5 Å². The molecule has 2 nitrogen and oxygen atoms in total. The van der Waals surface area contributed by atoms with E-state index in [2.05, 4.69) is 15.9 Å². The van der Waals surface area contributed by atoms with Crippen LogP contribution in [0.5, 0.6) is 0 Å². The predicted molar refractivity (Wildman–Crippen MR) is 79.5 cm³/mol. The van der Waals surface area contributed by atoms with Crippen molar-refractivity contribution in [3.05, 3.63) is 68.7 Å². The molecule has 0 spiro atoms. The zero-order valence-corrected chi connectivity index (χ0v) is 12.7. The van der Waals surface area contributed by atoms with E-state index >= 15 is 0 Å². The number of rotatable bonds is 3. The highest BCUT2D eigenvalue weighted by molar-refractivity contribution is 9.10. The van der Waals surface area contributed by atoms with Crippen LogP contribution in [0, 0.1) is 6.92 Å². The number of carbonyl (C=O) groups is 1. The van der Waals surface area contributed by atoms with E-state index in [-0.39, 0.29) is 12.6 Å². The van der Waals surface area contributed by atoms with E-state index in [0.717, 1.165) is 11.1 Å². The summed E-state index contributed by atoms with van der Waals surface area (Å²) in [6.45, 7) is 2.11. The average Bonchev–Trinajstić information content (AvgIpc) is 2.42. The number of esters is 1. The van der Waals surface area contributed by atoms with Crippen molar-refractivity contribution < 1.29 is 9.53 Å². The van der Waals surface area contributed by atoms with E-state index in [4.69, 9.17) is 16.3 Å². The predicted octanol–water partition coefficient (Wildman–Crippen LogP) is 4.77. The monoisotopic (exact) mass is 338 g/mol. The molecule has 2 rings (SSSR count). The molecule has 0 atom stereocenters. The quantitative estimate of drug-likeness (QED) is 0.753. The summed E-state index contributed by atoms with van der Waals surface area (Å²) in [7, 11) is 0. The average molecular weight is 340 g/mol. The van der Waals surface area contributed by atoms with Gasteiger partial charge >= 0.3 is 5.97 Å². The third kappa shape index (κ3) is 3.58. The van der Waals surface area contributed by atoms with Gasteiger partial charge in [-0.25, -0.2) is 4.79 Å². The van der Waals surface area contributed by atoms with Crippen LogP contribution in [0.4, 0.5) is 0 Å². The molecule has 98 valence electrons. The minimum Gasteiger partial charge on any atom is -0.457 e. The largest absolute Gasteiger partial charge is 0.457 e. The Morgan fingerprint density at radius 2 is 1.95 bits per heavy atom. The van der Waals surface area contributed by atoms with E-state index in [1.54, 1.807) is 12.1 Å². The van der Waals surface area contributed by atoms with Crippen molar-refractivity contribution in [3.63, 3.8) is 0 Å². The minimum atomic E-state index is -0.357. The van der Waals surface area contributed by atoms with Gasteiger partial charge in [-0.15, -0.1) is 0 Å². The molecule has 0 aromatic heterocycles. The summed E-state index contributed by atoms with van der Waals surface area (Å²) >= 11 is 9.35. The summed E-state index contributed by atoms with van der Waals surface area (Å²) < 4.78 is 5.96. The molecule has 0 unspecified atom stereocenters. The fraction of sp³-hybridized carbons (Fsp3) is 0.133. The van der Waals surface area contributed by atoms with Gasteiger partial charge in [0.15, 0.2) is 0 Å². The van der Waals surface area contributed by atoms with Crippen LogP contribution in [0.25, 0.3) is 0 Å². The second-order valence-corrected chi connectivity index (χ2v) is 5.38. The third-order valence-electron chi connectivity index (χ3n) is 2.66. The molecule has 2 aromatic rings. The zero-order valence-electron chi connectivity index (χ0n) is 10.3. The van der Waals surface area contributed by atoms with Crippen LogP contribution in [-0.4, -0.2) is 5.97 Å². The smallest absolute Gasteiger partial charge is 0.338 e. The lowest BCUT2D eigenvalue weighted by molar-refractivity contribution is 0.0472. The summed E-state index contributed by atoms with van der Waals surface area (Å²) in [4.78, 5) is 11.9. The topological polar surface area (TPSA) is 26.3 Å². The number of halogens is 2. The molecule has 19 heavy (non-hydrogen) atoms. The maximum Gasteiger partial charge on any atom is 0.338 e. The lowest BCUT2D eigenvalue weighted by Crippen LogP contribution is -2.05. The van der Waals surface area contributed by atoms with E-state index in [1.807, 2.05) is 37.3 Å². The summed E-state index contributed by atoms with van der Waals surface area (Å²) in [6.07, 6.45) is 0. The van der Waals surface area contributed by atoms with Crippen LogP contribution < -0.4 is 0 Å². The highest BCUT2D eigenvalue weighted by Crippen LogP contribution is 2.27. The molecular weight excluding hydrogens is 328 g/mol. The van der Waals surface area contributed by atoms with Gasteiger partial charge in [-0.2, -0.15) is 0 Å². The third-order valence-corrected chi connectivity index (χ3v) is 4.01. The lowest BCUT2D eigenvalue weighted by atomic mass is 10.1. The summed E-state index contributed by atoms with van der Waals surface area (Å²) in [5.41, 5.74) is 2.29. The fourth-order valence-corrected chi connectivity index (χ4v) is 2.32. The number of ether oxygens (including phenoxy) is 1. The molecule has 2 aromatic carbocycles. The number of benzene rings is 2. The van der Waals surface area contributed by atoms with E-state index in [1.165, 1.54) is 0 Å². The van der Waals surface area contributed by atoms with Gasteiger partial charge in [-0.05, 0) is 46.1 Å². The first-order valence-corrected chi connectivity index (χ1v) is 6.91. The molecule has 0 amide bonds. The Labute approximate surface area is 125 Å². The zero-order chi connectivity index (χ0) is 13.8. The Kier molecular flexibility index (Phi) is 4.61. The highest BCUT2D eigenvalue weighted by Gasteiger charge is 2.11. The van der Waals surface area contributed by atoms with Crippen LogP contribution in [0.3, 0.4) is 0 Å². The van der Waals surface area contributed by atoms with Crippen LogP contribution in [-0.2, 0) is 11.3 Å². The van der Waals surface area contributed by atoms with Crippen molar-refractivity contribution in [2.24, 2.45) is 0 Å². The SMILES string of the molecule is Cc1cc(C(=O)OCc2ccccc2)cc(Br)c1Cl. The van der Waals surface area contributed by atoms with Crippen molar-refractivity contribution in [2.45, 2.75) is 13.5 Å². The lowest BCUT2D eigenvalue weighted by Gasteiger charge is -2.07. The highest BCUT2D eigenvalue weighted by atomic mass is 79.9.